The predicted molar refractivity (Wildman–Crippen MR) is 136 cm³/mol. The second kappa shape index (κ2) is 10.7. The van der Waals surface area contributed by atoms with Crippen molar-refractivity contribution in [3.05, 3.63) is 88.8 Å². The van der Waals surface area contributed by atoms with Gasteiger partial charge < -0.3 is 20.1 Å². The number of anilines is 1. The summed E-state index contributed by atoms with van der Waals surface area (Å²) in [6.45, 7) is 1.84. The second-order valence-corrected chi connectivity index (χ2v) is 8.46. The number of aliphatic imine (C=N–C) groups is 1. The second-order valence-electron chi connectivity index (χ2n) is 7.43. The topological polar surface area (TPSA) is 89.0 Å². The summed E-state index contributed by atoms with van der Waals surface area (Å²) in [6.07, 6.45) is 1.76. The fourth-order valence-electron chi connectivity index (χ4n) is 3.12. The Morgan fingerprint density at radius 1 is 1.06 bits per heavy atom. The Bertz CT molecular complexity index is 1250. The van der Waals surface area contributed by atoms with Gasteiger partial charge >= 0.3 is 0 Å². The Morgan fingerprint density at radius 3 is 2.56 bits per heavy atom. The smallest absolute Gasteiger partial charge is 0.264 e. The van der Waals surface area contributed by atoms with Crippen LogP contribution >= 0.6 is 11.8 Å². The largest absolute Gasteiger partial charge is 0.493 e. The number of carbonyl (C=O) groups excluding carboxylic acids is 2. The molecule has 4 rings (SSSR count). The van der Waals surface area contributed by atoms with E-state index in [9.17, 15) is 9.59 Å². The number of hydrogen-bond donors (Lipinski definition) is 2. The molecule has 1 aliphatic heterocycles. The van der Waals surface area contributed by atoms with Crippen molar-refractivity contribution in [2.75, 3.05) is 19.0 Å². The van der Waals surface area contributed by atoms with Crippen LogP contribution in [0.25, 0.3) is 6.08 Å². The van der Waals surface area contributed by atoms with Gasteiger partial charge in [0.2, 0.25) is 0 Å². The van der Waals surface area contributed by atoms with E-state index in [-0.39, 0.29) is 18.4 Å². The van der Waals surface area contributed by atoms with Gasteiger partial charge in [0.25, 0.3) is 11.8 Å². The van der Waals surface area contributed by atoms with Gasteiger partial charge in [-0.2, -0.15) is 0 Å². The summed E-state index contributed by atoms with van der Waals surface area (Å²) in [5.41, 5.74) is 3.37. The molecule has 0 atom stereocenters. The van der Waals surface area contributed by atoms with Gasteiger partial charge in [-0.25, -0.2) is 4.99 Å². The molecule has 0 aromatic heterocycles. The first-order valence-corrected chi connectivity index (χ1v) is 11.3. The Kier molecular flexibility index (Phi) is 7.29. The average Bonchev–Trinajstić information content (AvgIpc) is 3.18. The fraction of sp³-hybridized carbons (Fsp3) is 0.115. The van der Waals surface area contributed by atoms with Crippen LogP contribution in [0.5, 0.6) is 11.5 Å². The SMILES string of the molecule is COc1cc(/C=C2\SC(=Nc3ccc(C)cc3)NC2=O)ccc1OCC(=O)Nc1ccccc1. The van der Waals surface area contributed by atoms with Gasteiger partial charge in [-0.3, -0.25) is 9.59 Å². The number of rotatable bonds is 7. The zero-order chi connectivity index (χ0) is 23.9. The van der Waals surface area contributed by atoms with Crippen molar-refractivity contribution < 1.29 is 19.1 Å². The van der Waals surface area contributed by atoms with Crippen LogP contribution in [0.1, 0.15) is 11.1 Å². The van der Waals surface area contributed by atoms with Crippen molar-refractivity contribution in [1.29, 1.82) is 0 Å². The third-order valence-corrected chi connectivity index (χ3v) is 5.73. The molecule has 3 aromatic rings. The highest BCUT2D eigenvalue weighted by Crippen LogP contribution is 2.32. The number of methoxy groups -OCH3 is 1. The van der Waals surface area contributed by atoms with Gasteiger partial charge in [-0.05, 0) is 66.7 Å². The number of aryl methyl sites for hydroxylation is 1. The van der Waals surface area contributed by atoms with Crippen LogP contribution in [0.15, 0.2) is 82.7 Å². The molecule has 2 amide bonds. The minimum Gasteiger partial charge on any atom is -0.493 e. The van der Waals surface area contributed by atoms with Gasteiger partial charge in [0.05, 0.1) is 17.7 Å². The van der Waals surface area contributed by atoms with Crippen molar-refractivity contribution >= 4 is 46.2 Å². The minimum absolute atomic E-state index is 0.164. The Hall–Kier alpha value is -4.04. The Labute approximate surface area is 201 Å². The molecule has 172 valence electrons. The average molecular weight is 474 g/mol. The number of nitrogens with one attached hydrogen (secondary N) is 2. The number of amides is 2. The normalized spacial score (nSPS) is 15.3. The number of para-hydroxylation sites is 1. The molecule has 3 aromatic carbocycles. The first-order chi connectivity index (χ1) is 16.5. The van der Waals surface area contributed by atoms with Crippen LogP contribution in [-0.4, -0.2) is 30.7 Å². The summed E-state index contributed by atoms with van der Waals surface area (Å²) in [5, 5.41) is 6.08. The molecule has 1 saturated heterocycles. The van der Waals surface area contributed by atoms with E-state index in [0.29, 0.717) is 27.3 Å². The molecule has 0 radical (unpaired) electrons. The van der Waals surface area contributed by atoms with Crippen molar-refractivity contribution in [3.8, 4) is 11.5 Å². The third-order valence-electron chi connectivity index (χ3n) is 4.82. The summed E-state index contributed by atoms with van der Waals surface area (Å²) >= 11 is 1.27. The van der Waals surface area contributed by atoms with E-state index in [1.165, 1.54) is 18.9 Å². The Morgan fingerprint density at radius 2 is 1.82 bits per heavy atom. The summed E-state index contributed by atoms with van der Waals surface area (Å²) in [4.78, 5) is 29.6. The molecule has 0 saturated carbocycles. The number of carbonyl (C=O) groups is 2. The maximum atomic E-state index is 12.4. The number of nitrogens with zero attached hydrogens (tertiary/aromatic N) is 1. The predicted octanol–water partition coefficient (Wildman–Crippen LogP) is 4.91. The highest BCUT2D eigenvalue weighted by Gasteiger charge is 2.24. The summed E-state index contributed by atoms with van der Waals surface area (Å²) in [5.74, 6) is 0.392. The lowest BCUT2D eigenvalue weighted by molar-refractivity contribution is -0.118. The molecule has 34 heavy (non-hydrogen) atoms. The molecule has 2 N–H and O–H groups in total. The van der Waals surface area contributed by atoms with Gasteiger partial charge in [-0.1, -0.05) is 42.0 Å². The first kappa shape index (κ1) is 23.1. The quantitative estimate of drug-likeness (QED) is 0.476. The molecule has 0 bridgehead atoms. The maximum Gasteiger partial charge on any atom is 0.264 e. The standard InChI is InChI=1S/C26H23N3O4S/c1-17-8-11-20(12-9-17)28-26-29-25(31)23(34-26)15-18-10-13-21(22(14-18)32-2)33-16-24(30)27-19-6-4-3-5-7-19/h3-15H,16H2,1-2H3,(H,27,30)(H,28,29,31)/b23-15-. The maximum absolute atomic E-state index is 12.4. The highest BCUT2D eigenvalue weighted by molar-refractivity contribution is 8.18. The molecule has 0 unspecified atom stereocenters. The number of benzene rings is 3. The Balaban J connectivity index is 1.42. The minimum atomic E-state index is -0.279. The van der Waals surface area contributed by atoms with Crippen LogP contribution in [-0.2, 0) is 9.59 Å². The van der Waals surface area contributed by atoms with Gasteiger partial charge in [0.15, 0.2) is 23.3 Å². The van der Waals surface area contributed by atoms with Crippen LogP contribution in [0.4, 0.5) is 11.4 Å². The van der Waals surface area contributed by atoms with Crippen molar-refractivity contribution in [1.82, 2.24) is 5.32 Å². The van der Waals surface area contributed by atoms with E-state index in [4.69, 9.17) is 9.47 Å². The molecule has 0 aliphatic carbocycles. The third kappa shape index (κ3) is 6.05. The van der Waals surface area contributed by atoms with Gasteiger partial charge in [0.1, 0.15) is 0 Å². The van der Waals surface area contributed by atoms with Crippen LogP contribution in [0.3, 0.4) is 0 Å². The number of hydrogen-bond acceptors (Lipinski definition) is 6. The molecule has 7 nitrogen and oxygen atoms in total. The van der Waals surface area contributed by atoms with E-state index in [1.807, 2.05) is 49.4 Å². The first-order valence-electron chi connectivity index (χ1n) is 10.5. The summed E-state index contributed by atoms with van der Waals surface area (Å²) in [7, 11) is 1.52. The lowest BCUT2D eigenvalue weighted by Gasteiger charge is -2.11. The monoisotopic (exact) mass is 473 g/mol. The molecule has 0 spiro atoms. The molecular formula is C26H23N3O4S. The van der Waals surface area contributed by atoms with E-state index >= 15 is 0 Å². The van der Waals surface area contributed by atoms with Crippen LogP contribution in [0.2, 0.25) is 0 Å². The number of amidine groups is 1. The molecule has 8 heteroatoms. The molecule has 1 fully saturated rings. The lowest BCUT2D eigenvalue weighted by Crippen LogP contribution is -2.20. The molecule has 1 heterocycles. The highest BCUT2D eigenvalue weighted by atomic mass is 32.2. The zero-order valence-electron chi connectivity index (χ0n) is 18.7. The van der Waals surface area contributed by atoms with Crippen LogP contribution in [0, 0.1) is 6.92 Å². The fourth-order valence-corrected chi connectivity index (χ4v) is 3.97. The van der Waals surface area contributed by atoms with Gasteiger partial charge in [-0.15, -0.1) is 0 Å². The zero-order valence-corrected chi connectivity index (χ0v) is 19.5. The summed E-state index contributed by atoms with van der Waals surface area (Å²) < 4.78 is 11.1. The van der Waals surface area contributed by atoms with Crippen LogP contribution < -0.4 is 20.1 Å². The van der Waals surface area contributed by atoms with E-state index in [0.717, 1.165) is 16.8 Å². The molecule has 1 aliphatic rings. The van der Waals surface area contributed by atoms with Gasteiger partial charge in [0, 0.05) is 5.69 Å². The lowest BCUT2D eigenvalue weighted by atomic mass is 10.2. The molecular weight excluding hydrogens is 450 g/mol. The van der Waals surface area contributed by atoms with E-state index in [2.05, 4.69) is 15.6 Å². The summed E-state index contributed by atoms with van der Waals surface area (Å²) in [6, 6.07) is 22.2. The van der Waals surface area contributed by atoms with Crippen molar-refractivity contribution in [2.24, 2.45) is 4.99 Å². The van der Waals surface area contributed by atoms with Crippen molar-refractivity contribution in [3.63, 3.8) is 0 Å². The number of thioether (sulfide) groups is 1. The van der Waals surface area contributed by atoms with E-state index < -0.39 is 0 Å². The van der Waals surface area contributed by atoms with E-state index in [1.54, 1.807) is 36.4 Å². The number of ether oxygens (including phenoxy) is 2. The van der Waals surface area contributed by atoms with Crippen molar-refractivity contribution in [2.45, 2.75) is 6.92 Å².